The van der Waals surface area contributed by atoms with Crippen LogP contribution in [-0.4, -0.2) is 56.9 Å². The molecule has 2 unspecified atom stereocenters. The maximum Gasteiger partial charge on any atom is 0.229 e. The number of carbonyl (C=O) groups excluding carboxylic acids is 1. The number of nitrogens with two attached hydrogens (primary N) is 1. The first-order valence-corrected chi connectivity index (χ1v) is 6.17. The van der Waals surface area contributed by atoms with Gasteiger partial charge in [0.25, 0.3) is 0 Å². The summed E-state index contributed by atoms with van der Waals surface area (Å²) in [5.74, 6) is 0.348. The Bertz CT molecular complexity index is 246. The predicted molar refractivity (Wildman–Crippen MR) is 65.6 cm³/mol. The summed E-state index contributed by atoms with van der Waals surface area (Å²) >= 11 is 0. The van der Waals surface area contributed by atoms with Crippen molar-refractivity contribution in [3.8, 4) is 0 Å². The van der Waals surface area contributed by atoms with E-state index in [1.54, 1.807) is 7.11 Å². The van der Waals surface area contributed by atoms with E-state index in [1.165, 1.54) is 0 Å². The molecule has 1 aliphatic heterocycles. The van der Waals surface area contributed by atoms with Gasteiger partial charge >= 0.3 is 0 Å². The van der Waals surface area contributed by atoms with Crippen LogP contribution in [0.2, 0.25) is 0 Å². The number of ether oxygens (including phenoxy) is 2. The van der Waals surface area contributed by atoms with Gasteiger partial charge < -0.3 is 20.1 Å². The van der Waals surface area contributed by atoms with Crippen molar-refractivity contribution < 1.29 is 14.3 Å². The van der Waals surface area contributed by atoms with Crippen molar-refractivity contribution in [2.45, 2.75) is 19.9 Å². The van der Waals surface area contributed by atoms with Crippen LogP contribution in [0.1, 0.15) is 13.8 Å². The molecular formula is C12H24N2O3. The van der Waals surface area contributed by atoms with E-state index in [0.29, 0.717) is 32.3 Å². The molecule has 0 radical (unpaired) electrons. The van der Waals surface area contributed by atoms with Crippen molar-refractivity contribution in [3.05, 3.63) is 0 Å². The number of methoxy groups -OCH3 is 1. The molecular weight excluding hydrogens is 220 g/mol. The van der Waals surface area contributed by atoms with E-state index < -0.39 is 0 Å². The molecule has 17 heavy (non-hydrogen) atoms. The van der Waals surface area contributed by atoms with Gasteiger partial charge in [0.15, 0.2) is 0 Å². The minimum Gasteiger partial charge on any atom is -0.383 e. The molecule has 2 N–H and O–H groups in total. The van der Waals surface area contributed by atoms with Gasteiger partial charge in [-0.15, -0.1) is 0 Å². The maximum atomic E-state index is 12.3. The fraction of sp³-hybridized carbons (Fsp3) is 0.917. The summed E-state index contributed by atoms with van der Waals surface area (Å²) in [5, 5.41) is 0. The van der Waals surface area contributed by atoms with Crippen LogP contribution in [0.3, 0.4) is 0 Å². The standard InChI is InChI=1S/C12H24N2O3/c1-9(2)6-14(4-5-16-3)12(15)10-7-17-8-11(10)13/h9-11H,4-8,13H2,1-3H3. The van der Waals surface area contributed by atoms with Crippen molar-refractivity contribution in [3.63, 3.8) is 0 Å². The zero-order valence-electron chi connectivity index (χ0n) is 11.0. The van der Waals surface area contributed by atoms with E-state index in [0.717, 1.165) is 6.54 Å². The molecule has 2 atom stereocenters. The molecule has 1 rings (SSSR count). The topological polar surface area (TPSA) is 64.8 Å². The summed E-state index contributed by atoms with van der Waals surface area (Å²) in [6, 6.07) is -0.167. The number of nitrogens with zero attached hydrogens (tertiary/aromatic N) is 1. The first-order chi connectivity index (χ1) is 8.06. The Morgan fingerprint density at radius 1 is 1.53 bits per heavy atom. The third-order valence-electron chi connectivity index (χ3n) is 2.90. The maximum absolute atomic E-state index is 12.3. The normalized spacial score (nSPS) is 24.3. The summed E-state index contributed by atoms with van der Waals surface area (Å²) < 4.78 is 10.3. The molecule has 1 saturated heterocycles. The van der Waals surface area contributed by atoms with Gasteiger partial charge in [0.2, 0.25) is 5.91 Å². The Morgan fingerprint density at radius 3 is 2.71 bits per heavy atom. The lowest BCUT2D eigenvalue weighted by Gasteiger charge is -2.27. The van der Waals surface area contributed by atoms with Gasteiger partial charge in [-0.2, -0.15) is 0 Å². The van der Waals surface area contributed by atoms with Crippen molar-refractivity contribution in [2.75, 3.05) is 40.0 Å². The summed E-state index contributed by atoms with van der Waals surface area (Å²) in [6.45, 7) is 7.04. The van der Waals surface area contributed by atoms with E-state index in [-0.39, 0.29) is 17.9 Å². The first kappa shape index (κ1) is 14.4. The van der Waals surface area contributed by atoms with Crippen LogP contribution in [-0.2, 0) is 14.3 Å². The average molecular weight is 244 g/mol. The third-order valence-corrected chi connectivity index (χ3v) is 2.90. The van der Waals surface area contributed by atoms with Gasteiger partial charge in [0, 0.05) is 26.2 Å². The van der Waals surface area contributed by atoms with Crippen LogP contribution in [0, 0.1) is 11.8 Å². The molecule has 1 heterocycles. The fourth-order valence-electron chi connectivity index (χ4n) is 1.99. The lowest BCUT2D eigenvalue weighted by Crippen LogP contribution is -2.46. The Morgan fingerprint density at radius 2 is 2.24 bits per heavy atom. The van der Waals surface area contributed by atoms with Crippen molar-refractivity contribution in [2.24, 2.45) is 17.6 Å². The summed E-state index contributed by atoms with van der Waals surface area (Å²) in [4.78, 5) is 14.1. The van der Waals surface area contributed by atoms with Crippen molar-refractivity contribution in [1.29, 1.82) is 0 Å². The number of rotatable bonds is 6. The van der Waals surface area contributed by atoms with Gasteiger partial charge in [-0.1, -0.05) is 13.8 Å². The highest BCUT2D eigenvalue weighted by Gasteiger charge is 2.34. The van der Waals surface area contributed by atoms with Gasteiger partial charge in [-0.25, -0.2) is 0 Å². The second-order valence-corrected chi connectivity index (χ2v) is 4.98. The molecule has 100 valence electrons. The van der Waals surface area contributed by atoms with Crippen LogP contribution in [0.25, 0.3) is 0 Å². The quantitative estimate of drug-likeness (QED) is 0.719. The Balaban J connectivity index is 2.57. The Kier molecular flexibility index (Phi) is 5.88. The smallest absolute Gasteiger partial charge is 0.229 e. The van der Waals surface area contributed by atoms with E-state index in [2.05, 4.69) is 13.8 Å². The number of hydrogen-bond donors (Lipinski definition) is 1. The van der Waals surface area contributed by atoms with E-state index >= 15 is 0 Å². The highest BCUT2D eigenvalue weighted by Crippen LogP contribution is 2.15. The van der Waals surface area contributed by atoms with Gasteiger partial charge in [-0.05, 0) is 5.92 Å². The number of amides is 1. The second kappa shape index (κ2) is 6.93. The molecule has 0 aliphatic carbocycles. The third kappa shape index (κ3) is 4.26. The summed E-state index contributed by atoms with van der Waals surface area (Å²) in [5.41, 5.74) is 5.87. The van der Waals surface area contributed by atoms with E-state index in [1.807, 2.05) is 4.90 Å². The van der Waals surface area contributed by atoms with Gasteiger partial charge in [0.1, 0.15) is 0 Å². The molecule has 0 aromatic heterocycles. The Hall–Kier alpha value is -0.650. The first-order valence-electron chi connectivity index (χ1n) is 6.17. The molecule has 1 aliphatic rings. The molecule has 0 saturated carbocycles. The lowest BCUT2D eigenvalue weighted by atomic mass is 10.0. The SMILES string of the molecule is COCCN(CC(C)C)C(=O)C1COCC1N. The molecule has 0 aromatic carbocycles. The van der Waals surface area contributed by atoms with E-state index in [9.17, 15) is 4.79 Å². The molecule has 0 spiro atoms. The van der Waals surface area contributed by atoms with Gasteiger partial charge in [-0.3, -0.25) is 4.79 Å². The van der Waals surface area contributed by atoms with Crippen LogP contribution in [0.4, 0.5) is 0 Å². The number of carbonyl (C=O) groups is 1. The Labute approximate surface area is 103 Å². The fourth-order valence-corrected chi connectivity index (χ4v) is 1.99. The lowest BCUT2D eigenvalue weighted by molar-refractivity contribution is -0.137. The monoisotopic (exact) mass is 244 g/mol. The zero-order valence-corrected chi connectivity index (χ0v) is 11.0. The van der Waals surface area contributed by atoms with Crippen molar-refractivity contribution >= 4 is 5.91 Å². The molecule has 5 heteroatoms. The average Bonchev–Trinajstić information content (AvgIpc) is 2.69. The highest BCUT2D eigenvalue weighted by atomic mass is 16.5. The zero-order chi connectivity index (χ0) is 12.8. The van der Waals surface area contributed by atoms with Crippen LogP contribution >= 0.6 is 0 Å². The summed E-state index contributed by atoms with van der Waals surface area (Å²) in [6.07, 6.45) is 0. The molecule has 1 fully saturated rings. The van der Waals surface area contributed by atoms with Crippen LogP contribution < -0.4 is 5.73 Å². The molecule has 0 bridgehead atoms. The highest BCUT2D eigenvalue weighted by molar-refractivity contribution is 5.80. The van der Waals surface area contributed by atoms with Crippen LogP contribution in [0.15, 0.2) is 0 Å². The minimum atomic E-state index is -0.189. The number of hydrogen-bond acceptors (Lipinski definition) is 4. The molecule has 0 aromatic rings. The van der Waals surface area contributed by atoms with Gasteiger partial charge in [0.05, 0.1) is 25.7 Å². The predicted octanol–water partition coefficient (Wildman–Crippen LogP) is 0.0911. The van der Waals surface area contributed by atoms with E-state index in [4.69, 9.17) is 15.2 Å². The largest absolute Gasteiger partial charge is 0.383 e. The second-order valence-electron chi connectivity index (χ2n) is 4.98. The molecule has 5 nitrogen and oxygen atoms in total. The van der Waals surface area contributed by atoms with Crippen LogP contribution in [0.5, 0.6) is 0 Å². The molecule has 1 amide bonds. The summed E-state index contributed by atoms with van der Waals surface area (Å²) in [7, 11) is 1.64. The van der Waals surface area contributed by atoms with Crippen molar-refractivity contribution in [1.82, 2.24) is 4.90 Å². The minimum absolute atomic E-state index is 0.0979.